The molecule has 2 rings (SSSR count). The Hall–Kier alpha value is -0.330. The summed E-state index contributed by atoms with van der Waals surface area (Å²) >= 11 is 5.81. The average molecular weight is 339 g/mol. The topological polar surface area (TPSA) is 58.2 Å². The second-order valence-electron chi connectivity index (χ2n) is 4.86. The van der Waals surface area contributed by atoms with Gasteiger partial charge in [0, 0.05) is 11.6 Å². The van der Waals surface area contributed by atoms with Crippen molar-refractivity contribution in [2.24, 2.45) is 5.92 Å². The van der Waals surface area contributed by atoms with Crippen LogP contribution in [0.1, 0.15) is 19.3 Å². The van der Waals surface area contributed by atoms with Crippen molar-refractivity contribution in [2.75, 3.05) is 19.6 Å². The van der Waals surface area contributed by atoms with Crippen LogP contribution in [-0.4, -0.2) is 28.1 Å². The molecule has 0 bridgehead atoms. The van der Waals surface area contributed by atoms with Crippen LogP contribution in [0.3, 0.4) is 0 Å². The van der Waals surface area contributed by atoms with Gasteiger partial charge in [-0.1, -0.05) is 17.7 Å². The lowest BCUT2D eigenvalue weighted by atomic mass is 9.96. The van der Waals surface area contributed by atoms with Crippen LogP contribution in [0.4, 0.5) is 0 Å². The number of nitrogens with one attached hydrogen (secondary N) is 2. The Kier molecular flexibility index (Phi) is 7.26. The standard InChI is InChI=1S/C13H19ClN2O2S.ClH/c14-12-4-1-5-13(9-12)19(17,18)16-8-6-11-3-2-7-15-10-11;/h1,4-5,9,11,15-16H,2-3,6-8,10H2;1H. The molecule has 7 heteroatoms. The Morgan fingerprint density at radius 2 is 2.20 bits per heavy atom. The predicted octanol–water partition coefficient (Wildman–Crippen LogP) is 2.43. The third-order valence-electron chi connectivity index (χ3n) is 3.35. The first-order chi connectivity index (χ1) is 9.08. The van der Waals surface area contributed by atoms with E-state index in [0.29, 0.717) is 17.5 Å². The minimum Gasteiger partial charge on any atom is -0.316 e. The van der Waals surface area contributed by atoms with Crippen molar-refractivity contribution in [3.8, 4) is 0 Å². The van der Waals surface area contributed by atoms with Gasteiger partial charge < -0.3 is 5.32 Å². The van der Waals surface area contributed by atoms with E-state index >= 15 is 0 Å². The summed E-state index contributed by atoms with van der Waals surface area (Å²) < 4.78 is 26.7. The first kappa shape index (κ1) is 17.7. The SMILES string of the molecule is Cl.O=S(=O)(NCCC1CCCNC1)c1cccc(Cl)c1. The van der Waals surface area contributed by atoms with Crippen LogP contribution >= 0.6 is 24.0 Å². The quantitative estimate of drug-likeness (QED) is 0.866. The fraction of sp³-hybridized carbons (Fsp3) is 0.538. The molecule has 20 heavy (non-hydrogen) atoms. The molecular weight excluding hydrogens is 319 g/mol. The van der Waals surface area contributed by atoms with Gasteiger partial charge in [-0.3, -0.25) is 0 Å². The Balaban J connectivity index is 0.00000200. The molecule has 1 fully saturated rings. The maximum Gasteiger partial charge on any atom is 0.240 e. The summed E-state index contributed by atoms with van der Waals surface area (Å²) in [6.45, 7) is 2.53. The van der Waals surface area contributed by atoms with Crippen LogP contribution in [0.2, 0.25) is 5.02 Å². The Morgan fingerprint density at radius 1 is 1.40 bits per heavy atom. The van der Waals surface area contributed by atoms with E-state index in [4.69, 9.17) is 11.6 Å². The van der Waals surface area contributed by atoms with E-state index in [9.17, 15) is 8.42 Å². The molecule has 1 aromatic carbocycles. The van der Waals surface area contributed by atoms with E-state index in [1.807, 2.05) is 0 Å². The molecule has 0 saturated carbocycles. The van der Waals surface area contributed by atoms with Gasteiger partial charge in [0.25, 0.3) is 0 Å². The fourth-order valence-corrected chi connectivity index (χ4v) is 3.63. The van der Waals surface area contributed by atoms with Crippen LogP contribution < -0.4 is 10.0 Å². The molecule has 0 aliphatic carbocycles. The number of rotatable bonds is 5. The Labute approximate surface area is 131 Å². The highest BCUT2D eigenvalue weighted by atomic mass is 35.5. The van der Waals surface area contributed by atoms with Crippen molar-refractivity contribution in [3.63, 3.8) is 0 Å². The maximum atomic E-state index is 12.0. The summed E-state index contributed by atoms with van der Waals surface area (Å²) in [5, 5.41) is 3.76. The molecule has 0 radical (unpaired) electrons. The molecule has 0 spiro atoms. The highest BCUT2D eigenvalue weighted by molar-refractivity contribution is 7.89. The van der Waals surface area contributed by atoms with Crippen LogP contribution in [-0.2, 0) is 10.0 Å². The van der Waals surface area contributed by atoms with Crippen molar-refractivity contribution in [3.05, 3.63) is 29.3 Å². The van der Waals surface area contributed by atoms with Gasteiger partial charge >= 0.3 is 0 Å². The highest BCUT2D eigenvalue weighted by Gasteiger charge is 2.16. The lowest BCUT2D eigenvalue weighted by Crippen LogP contribution is -2.33. The van der Waals surface area contributed by atoms with E-state index in [0.717, 1.165) is 19.5 Å². The monoisotopic (exact) mass is 338 g/mol. The normalized spacial score (nSPS) is 19.4. The minimum atomic E-state index is -3.44. The van der Waals surface area contributed by atoms with Crippen LogP contribution in [0.25, 0.3) is 0 Å². The maximum absolute atomic E-state index is 12.0. The third-order valence-corrected chi connectivity index (χ3v) is 5.04. The zero-order valence-electron chi connectivity index (χ0n) is 11.1. The van der Waals surface area contributed by atoms with Crippen molar-refractivity contribution in [1.82, 2.24) is 10.0 Å². The number of hydrogen-bond donors (Lipinski definition) is 2. The van der Waals surface area contributed by atoms with E-state index in [1.54, 1.807) is 18.2 Å². The van der Waals surface area contributed by atoms with Crippen molar-refractivity contribution in [2.45, 2.75) is 24.2 Å². The van der Waals surface area contributed by atoms with E-state index in [2.05, 4.69) is 10.0 Å². The Morgan fingerprint density at radius 3 is 2.85 bits per heavy atom. The molecule has 1 aliphatic heterocycles. The number of hydrogen-bond acceptors (Lipinski definition) is 3. The number of halogens is 2. The van der Waals surface area contributed by atoms with Gasteiger partial charge in [-0.15, -0.1) is 12.4 Å². The summed E-state index contributed by atoms with van der Waals surface area (Å²) in [4.78, 5) is 0.224. The van der Waals surface area contributed by atoms with E-state index in [-0.39, 0.29) is 17.3 Å². The zero-order chi connectivity index (χ0) is 13.7. The molecule has 2 N–H and O–H groups in total. The number of sulfonamides is 1. The summed E-state index contributed by atoms with van der Waals surface area (Å²) in [5.74, 6) is 0.566. The van der Waals surface area contributed by atoms with Crippen LogP contribution in [0, 0.1) is 5.92 Å². The van der Waals surface area contributed by atoms with Crippen molar-refractivity contribution >= 4 is 34.0 Å². The summed E-state index contributed by atoms with van der Waals surface area (Å²) in [7, 11) is -3.44. The smallest absolute Gasteiger partial charge is 0.240 e. The van der Waals surface area contributed by atoms with Gasteiger partial charge in [0.2, 0.25) is 10.0 Å². The lowest BCUT2D eigenvalue weighted by molar-refractivity contribution is 0.358. The highest BCUT2D eigenvalue weighted by Crippen LogP contribution is 2.16. The van der Waals surface area contributed by atoms with E-state index < -0.39 is 10.0 Å². The number of benzene rings is 1. The van der Waals surface area contributed by atoms with Crippen LogP contribution in [0.15, 0.2) is 29.2 Å². The molecule has 4 nitrogen and oxygen atoms in total. The van der Waals surface area contributed by atoms with Crippen molar-refractivity contribution < 1.29 is 8.42 Å². The molecule has 1 atom stereocenters. The van der Waals surface area contributed by atoms with E-state index in [1.165, 1.54) is 18.9 Å². The first-order valence-electron chi connectivity index (χ1n) is 6.54. The second-order valence-corrected chi connectivity index (χ2v) is 7.06. The molecule has 1 heterocycles. The van der Waals surface area contributed by atoms with Gasteiger partial charge in [-0.25, -0.2) is 13.1 Å². The van der Waals surface area contributed by atoms with Gasteiger partial charge in [0.15, 0.2) is 0 Å². The average Bonchev–Trinajstić information content (AvgIpc) is 2.40. The molecule has 1 aromatic rings. The second kappa shape index (κ2) is 8.20. The van der Waals surface area contributed by atoms with Gasteiger partial charge in [0.05, 0.1) is 4.90 Å². The molecule has 0 amide bonds. The third kappa shape index (κ3) is 5.22. The molecular formula is C13H20Cl2N2O2S. The minimum absolute atomic E-state index is 0. The van der Waals surface area contributed by atoms with Crippen molar-refractivity contribution in [1.29, 1.82) is 0 Å². The molecule has 1 aliphatic rings. The van der Waals surface area contributed by atoms with Gasteiger partial charge in [-0.05, 0) is 56.5 Å². The number of piperidine rings is 1. The lowest BCUT2D eigenvalue weighted by Gasteiger charge is -2.22. The summed E-state index contributed by atoms with van der Waals surface area (Å²) in [6, 6.07) is 6.32. The Bertz CT molecular complexity index is 517. The fourth-order valence-electron chi connectivity index (χ4n) is 2.29. The summed E-state index contributed by atoms with van der Waals surface area (Å²) in [5.41, 5.74) is 0. The zero-order valence-corrected chi connectivity index (χ0v) is 13.5. The summed E-state index contributed by atoms with van der Waals surface area (Å²) in [6.07, 6.45) is 3.21. The largest absolute Gasteiger partial charge is 0.316 e. The van der Waals surface area contributed by atoms with Crippen LogP contribution in [0.5, 0.6) is 0 Å². The molecule has 1 saturated heterocycles. The molecule has 0 aromatic heterocycles. The van der Waals surface area contributed by atoms with Gasteiger partial charge in [0.1, 0.15) is 0 Å². The molecule has 114 valence electrons. The predicted molar refractivity (Wildman–Crippen MR) is 84.1 cm³/mol. The van der Waals surface area contributed by atoms with Gasteiger partial charge in [-0.2, -0.15) is 0 Å². The first-order valence-corrected chi connectivity index (χ1v) is 8.40. The molecule has 1 unspecified atom stereocenters.